The molecule has 1 aromatic heterocycles. The molecule has 128 valence electrons. The van der Waals surface area contributed by atoms with Gasteiger partial charge in [-0.15, -0.1) is 11.3 Å². The first kappa shape index (κ1) is 18.4. The van der Waals surface area contributed by atoms with Crippen molar-refractivity contribution in [2.24, 2.45) is 0 Å². The summed E-state index contributed by atoms with van der Waals surface area (Å²) in [4.78, 5) is 26.2. The largest absolute Gasteiger partial charge is 0.342 e. The van der Waals surface area contributed by atoms with Crippen molar-refractivity contribution in [3.8, 4) is 0 Å². The number of rotatable bonds is 7. The molecule has 1 unspecified atom stereocenters. The van der Waals surface area contributed by atoms with E-state index in [0.717, 1.165) is 17.0 Å². The second-order valence-electron chi connectivity index (χ2n) is 5.63. The third kappa shape index (κ3) is 5.63. The molecule has 2 amide bonds. The quantitative estimate of drug-likeness (QED) is 0.695. The van der Waals surface area contributed by atoms with Gasteiger partial charge in [-0.1, -0.05) is 23.7 Å². The van der Waals surface area contributed by atoms with E-state index in [1.54, 1.807) is 29.5 Å². The molecule has 0 aliphatic rings. The molecule has 0 saturated carbocycles. The van der Waals surface area contributed by atoms with Gasteiger partial charge in [0.15, 0.2) is 6.54 Å². The number of carbonyl (C=O) groups is 2. The fourth-order valence-electron chi connectivity index (χ4n) is 2.23. The Morgan fingerprint density at radius 3 is 2.71 bits per heavy atom. The highest BCUT2D eigenvalue weighted by atomic mass is 35.5. The molecule has 1 heterocycles. The van der Waals surface area contributed by atoms with Gasteiger partial charge in [-0.25, -0.2) is 0 Å². The Balaban J connectivity index is 1.74. The lowest BCUT2D eigenvalue weighted by molar-refractivity contribution is -0.885. The van der Waals surface area contributed by atoms with E-state index in [1.807, 2.05) is 31.5 Å². The first-order valence-electron chi connectivity index (χ1n) is 7.61. The number of nitrogens with one attached hydrogen (secondary N) is 3. The summed E-state index contributed by atoms with van der Waals surface area (Å²) in [6.07, 6.45) is 0. The molecule has 24 heavy (non-hydrogen) atoms. The number of quaternary nitrogens is 1. The van der Waals surface area contributed by atoms with Crippen LogP contribution in [0.5, 0.6) is 0 Å². The zero-order valence-electron chi connectivity index (χ0n) is 13.7. The van der Waals surface area contributed by atoms with Gasteiger partial charge in [-0.3, -0.25) is 9.59 Å². The second kappa shape index (κ2) is 8.82. The van der Waals surface area contributed by atoms with Gasteiger partial charge >= 0.3 is 0 Å². The summed E-state index contributed by atoms with van der Waals surface area (Å²) in [5.41, 5.74) is 1.46. The van der Waals surface area contributed by atoms with Crippen molar-refractivity contribution >= 4 is 40.4 Å². The highest BCUT2D eigenvalue weighted by Gasteiger charge is 2.13. The van der Waals surface area contributed by atoms with E-state index in [-0.39, 0.29) is 18.4 Å². The molecule has 0 fully saturated rings. The van der Waals surface area contributed by atoms with Gasteiger partial charge in [0, 0.05) is 10.7 Å². The SMILES string of the molecule is Cc1c(Cl)cccc1NC(=O)CNC(=O)C[NH+](C)Cc1cccs1. The normalized spacial score (nSPS) is 11.8. The van der Waals surface area contributed by atoms with Crippen molar-refractivity contribution in [2.75, 3.05) is 25.5 Å². The summed E-state index contributed by atoms with van der Waals surface area (Å²) in [7, 11) is 1.95. The summed E-state index contributed by atoms with van der Waals surface area (Å²) in [6.45, 7) is 2.89. The Morgan fingerprint density at radius 2 is 2.00 bits per heavy atom. The van der Waals surface area contributed by atoms with E-state index < -0.39 is 0 Å². The zero-order chi connectivity index (χ0) is 17.5. The highest BCUT2D eigenvalue weighted by Crippen LogP contribution is 2.22. The van der Waals surface area contributed by atoms with Crippen molar-refractivity contribution in [1.82, 2.24) is 5.32 Å². The van der Waals surface area contributed by atoms with Crippen molar-refractivity contribution in [2.45, 2.75) is 13.5 Å². The molecule has 5 nitrogen and oxygen atoms in total. The van der Waals surface area contributed by atoms with Gasteiger partial charge in [-0.05, 0) is 36.1 Å². The van der Waals surface area contributed by atoms with Crippen LogP contribution >= 0.6 is 22.9 Å². The van der Waals surface area contributed by atoms with Crippen LogP contribution in [0, 0.1) is 6.92 Å². The molecule has 0 radical (unpaired) electrons. The van der Waals surface area contributed by atoms with Crippen LogP contribution in [0.3, 0.4) is 0 Å². The highest BCUT2D eigenvalue weighted by molar-refractivity contribution is 7.09. The van der Waals surface area contributed by atoms with E-state index >= 15 is 0 Å². The fraction of sp³-hybridized carbons (Fsp3) is 0.294. The standard InChI is InChI=1S/C17H20ClN3O2S/c1-12-14(18)6-3-7-15(12)20-16(22)9-19-17(23)11-21(2)10-13-5-4-8-24-13/h3-8H,9-11H2,1-2H3,(H,19,23)(H,20,22)/p+1. The Labute approximate surface area is 150 Å². The smallest absolute Gasteiger partial charge is 0.275 e. The fourth-order valence-corrected chi connectivity index (χ4v) is 3.22. The first-order chi connectivity index (χ1) is 11.5. The molecule has 2 aromatic rings. The lowest BCUT2D eigenvalue weighted by Gasteiger charge is -2.13. The number of amides is 2. The third-order valence-electron chi connectivity index (χ3n) is 3.51. The topological polar surface area (TPSA) is 62.6 Å². The average molecular weight is 367 g/mol. The number of likely N-dealkylation sites (N-methyl/N-ethyl adjacent to an activating group) is 1. The average Bonchev–Trinajstić information content (AvgIpc) is 3.02. The van der Waals surface area contributed by atoms with Crippen LogP contribution in [-0.2, 0) is 16.1 Å². The van der Waals surface area contributed by atoms with Crippen LogP contribution in [0.25, 0.3) is 0 Å². The minimum Gasteiger partial charge on any atom is -0.342 e. The summed E-state index contributed by atoms with van der Waals surface area (Å²) in [6, 6.07) is 9.36. The van der Waals surface area contributed by atoms with Gasteiger partial charge < -0.3 is 15.5 Å². The van der Waals surface area contributed by atoms with Gasteiger partial charge in [0.1, 0.15) is 6.54 Å². The number of hydrogen-bond donors (Lipinski definition) is 3. The van der Waals surface area contributed by atoms with Gasteiger partial charge in [0.05, 0.1) is 18.5 Å². The summed E-state index contributed by atoms with van der Waals surface area (Å²) in [5, 5.41) is 8.01. The maximum atomic E-state index is 11.9. The monoisotopic (exact) mass is 366 g/mol. The molecule has 2 rings (SSSR count). The van der Waals surface area contributed by atoms with Crippen LogP contribution in [0.15, 0.2) is 35.7 Å². The van der Waals surface area contributed by atoms with Gasteiger partial charge in [0.25, 0.3) is 5.91 Å². The van der Waals surface area contributed by atoms with E-state index in [9.17, 15) is 9.59 Å². The van der Waals surface area contributed by atoms with Crippen molar-refractivity contribution in [1.29, 1.82) is 0 Å². The Bertz CT molecular complexity index is 704. The number of carbonyl (C=O) groups excluding carboxylic acids is 2. The number of halogens is 1. The Morgan fingerprint density at radius 1 is 1.21 bits per heavy atom. The molecule has 0 bridgehead atoms. The minimum absolute atomic E-state index is 0.0585. The van der Waals surface area contributed by atoms with Crippen LogP contribution in [0.2, 0.25) is 5.02 Å². The zero-order valence-corrected chi connectivity index (χ0v) is 15.3. The van der Waals surface area contributed by atoms with Crippen molar-refractivity contribution in [3.63, 3.8) is 0 Å². The van der Waals surface area contributed by atoms with Crippen LogP contribution in [0.4, 0.5) is 5.69 Å². The van der Waals surface area contributed by atoms with Crippen LogP contribution < -0.4 is 15.5 Å². The number of thiophene rings is 1. The van der Waals surface area contributed by atoms with E-state index in [0.29, 0.717) is 17.3 Å². The van der Waals surface area contributed by atoms with Crippen molar-refractivity contribution < 1.29 is 14.5 Å². The van der Waals surface area contributed by atoms with Gasteiger partial charge in [-0.2, -0.15) is 0 Å². The predicted molar refractivity (Wildman–Crippen MR) is 97.6 cm³/mol. The van der Waals surface area contributed by atoms with E-state index in [2.05, 4.69) is 10.6 Å². The number of benzene rings is 1. The van der Waals surface area contributed by atoms with Crippen LogP contribution in [0.1, 0.15) is 10.4 Å². The summed E-state index contributed by atoms with van der Waals surface area (Å²) in [5.74, 6) is -0.424. The molecule has 3 N–H and O–H groups in total. The second-order valence-corrected chi connectivity index (χ2v) is 7.07. The molecule has 0 saturated heterocycles. The predicted octanol–water partition coefficient (Wildman–Crippen LogP) is 1.48. The maximum Gasteiger partial charge on any atom is 0.275 e. The van der Waals surface area contributed by atoms with E-state index in [4.69, 9.17) is 11.6 Å². The maximum absolute atomic E-state index is 11.9. The molecule has 0 aliphatic carbocycles. The molecule has 0 spiro atoms. The minimum atomic E-state index is -0.273. The van der Waals surface area contributed by atoms with E-state index in [1.165, 1.54) is 4.88 Å². The number of anilines is 1. The molecular weight excluding hydrogens is 346 g/mol. The first-order valence-corrected chi connectivity index (χ1v) is 8.87. The summed E-state index contributed by atoms with van der Waals surface area (Å²) < 4.78 is 0. The molecule has 7 heteroatoms. The summed E-state index contributed by atoms with van der Waals surface area (Å²) >= 11 is 7.69. The van der Waals surface area contributed by atoms with Gasteiger partial charge in [0.2, 0.25) is 5.91 Å². The molecule has 0 aliphatic heterocycles. The van der Waals surface area contributed by atoms with Crippen molar-refractivity contribution in [3.05, 3.63) is 51.2 Å². The molecular formula is C17H21ClN3O2S+. The lowest BCUT2D eigenvalue weighted by Crippen LogP contribution is -3.08. The Kier molecular flexibility index (Phi) is 6.78. The molecule has 1 atom stereocenters. The Hall–Kier alpha value is -1.89. The molecule has 1 aromatic carbocycles. The third-order valence-corrected chi connectivity index (χ3v) is 4.79. The lowest BCUT2D eigenvalue weighted by atomic mass is 10.2. The van der Waals surface area contributed by atoms with Crippen LogP contribution in [-0.4, -0.2) is 32.0 Å². The number of hydrogen-bond acceptors (Lipinski definition) is 3.